The van der Waals surface area contributed by atoms with E-state index in [1.165, 1.54) is 12.0 Å². The number of allylic oxidation sites excluding steroid dienone is 2. The molecule has 2 saturated carbocycles. The van der Waals surface area contributed by atoms with Crippen molar-refractivity contribution in [3.05, 3.63) is 11.1 Å². The summed E-state index contributed by atoms with van der Waals surface area (Å²) in [6.45, 7) is 4.61. The monoisotopic (exact) mass is 286 g/mol. The molecule has 0 radical (unpaired) electrons. The van der Waals surface area contributed by atoms with Crippen molar-refractivity contribution >= 4 is 11.6 Å². The first-order valence-electron chi connectivity index (χ1n) is 8.76. The van der Waals surface area contributed by atoms with E-state index >= 15 is 0 Å². The first kappa shape index (κ1) is 13.7. The molecule has 2 heteroatoms. The summed E-state index contributed by atoms with van der Waals surface area (Å²) in [5.41, 5.74) is 3.09. The fourth-order valence-corrected chi connectivity index (χ4v) is 6.23. The minimum absolute atomic E-state index is 0.0298. The second-order valence-electron chi connectivity index (χ2n) is 8.23. The summed E-state index contributed by atoms with van der Waals surface area (Å²) in [7, 11) is 0. The van der Waals surface area contributed by atoms with Crippen LogP contribution in [0.1, 0.15) is 65.2 Å². The van der Waals surface area contributed by atoms with E-state index < -0.39 is 0 Å². The molecule has 5 atom stereocenters. The Morgan fingerprint density at radius 3 is 2.71 bits per heavy atom. The zero-order chi connectivity index (χ0) is 14.8. The van der Waals surface area contributed by atoms with Gasteiger partial charge in [0.05, 0.1) is 0 Å². The zero-order valence-electron chi connectivity index (χ0n) is 13.3. The number of Topliss-reactive ketones (excluding diaryl/α,β-unsaturated/α-hetero) is 2. The van der Waals surface area contributed by atoms with E-state index in [9.17, 15) is 9.59 Å². The van der Waals surface area contributed by atoms with Crippen LogP contribution in [0, 0.1) is 29.1 Å². The number of hydrogen-bond acceptors (Lipinski definition) is 2. The fraction of sp³-hybridized carbons (Fsp3) is 0.789. The molecule has 114 valence electrons. The van der Waals surface area contributed by atoms with Crippen LogP contribution >= 0.6 is 0 Å². The zero-order valence-corrected chi connectivity index (χ0v) is 13.3. The number of ketones is 2. The van der Waals surface area contributed by atoms with Gasteiger partial charge >= 0.3 is 0 Å². The van der Waals surface area contributed by atoms with E-state index in [0.717, 1.165) is 44.9 Å². The van der Waals surface area contributed by atoms with Crippen molar-refractivity contribution in [2.45, 2.75) is 65.2 Å². The first-order chi connectivity index (χ1) is 10.0. The third-order valence-electron chi connectivity index (χ3n) is 7.25. The van der Waals surface area contributed by atoms with E-state index in [1.807, 2.05) is 0 Å². The second kappa shape index (κ2) is 4.54. The smallest absolute Gasteiger partial charge is 0.139 e. The summed E-state index contributed by atoms with van der Waals surface area (Å²) >= 11 is 0. The summed E-state index contributed by atoms with van der Waals surface area (Å²) in [6.07, 6.45) is 7.79. The van der Waals surface area contributed by atoms with Crippen LogP contribution in [0.4, 0.5) is 0 Å². The molecule has 0 unspecified atom stereocenters. The summed E-state index contributed by atoms with van der Waals surface area (Å²) in [4.78, 5) is 24.2. The third-order valence-corrected chi connectivity index (χ3v) is 7.25. The van der Waals surface area contributed by atoms with Gasteiger partial charge in [-0.15, -0.1) is 0 Å². The fourth-order valence-electron chi connectivity index (χ4n) is 6.23. The van der Waals surface area contributed by atoms with Crippen LogP contribution < -0.4 is 0 Å². The molecule has 0 amide bonds. The van der Waals surface area contributed by atoms with Gasteiger partial charge in [0.15, 0.2) is 0 Å². The topological polar surface area (TPSA) is 34.1 Å². The van der Waals surface area contributed by atoms with Crippen molar-refractivity contribution < 1.29 is 9.59 Å². The Morgan fingerprint density at radius 2 is 1.90 bits per heavy atom. The van der Waals surface area contributed by atoms with Gasteiger partial charge in [0.25, 0.3) is 0 Å². The lowest BCUT2D eigenvalue weighted by atomic mass is 9.52. The maximum atomic E-state index is 12.4. The largest absolute Gasteiger partial charge is 0.299 e. The summed E-state index contributed by atoms with van der Waals surface area (Å²) < 4.78 is 0. The van der Waals surface area contributed by atoms with Crippen LogP contribution in [0.5, 0.6) is 0 Å². The highest BCUT2D eigenvalue weighted by molar-refractivity contribution is 5.87. The maximum Gasteiger partial charge on any atom is 0.139 e. The van der Waals surface area contributed by atoms with Crippen molar-refractivity contribution in [1.82, 2.24) is 0 Å². The quantitative estimate of drug-likeness (QED) is 0.629. The lowest BCUT2D eigenvalue weighted by Gasteiger charge is -2.52. The highest BCUT2D eigenvalue weighted by atomic mass is 16.1. The molecule has 4 aliphatic rings. The van der Waals surface area contributed by atoms with Gasteiger partial charge in [-0.2, -0.15) is 0 Å². The molecule has 0 N–H and O–H groups in total. The third kappa shape index (κ3) is 1.83. The van der Waals surface area contributed by atoms with E-state index in [1.54, 1.807) is 5.57 Å². The molecule has 0 saturated heterocycles. The van der Waals surface area contributed by atoms with Gasteiger partial charge in [0.2, 0.25) is 0 Å². The molecule has 2 nitrogen and oxygen atoms in total. The lowest BCUT2D eigenvalue weighted by molar-refractivity contribution is -0.130. The molecule has 0 heterocycles. The van der Waals surface area contributed by atoms with E-state index in [4.69, 9.17) is 0 Å². The van der Waals surface area contributed by atoms with Crippen LogP contribution in [0.3, 0.4) is 0 Å². The average Bonchev–Trinajstić information content (AvgIpc) is 2.74. The normalized spacial score (nSPS) is 46.2. The van der Waals surface area contributed by atoms with E-state index in [-0.39, 0.29) is 5.41 Å². The summed E-state index contributed by atoms with van der Waals surface area (Å²) in [6, 6.07) is 0. The van der Waals surface area contributed by atoms with Gasteiger partial charge in [-0.05, 0) is 55.8 Å². The Balaban J connectivity index is 1.72. The first-order valence-corrected chi connectivity index (χ1v) is 8.76. The predicted octanol–water partition coefficient (Wildman–Crippen LogP) is 4.09. The van der Waals surface area contributed by atoms with Gasteiger partial charge in [-0.25, -0.2) is 0 Å². The maximum absolute atomic E-state index is 12.4. The SMILES string of the molecule is C[C@@H]1CC2=C(CCC(=O)C2)[C@H]2CC[C@]3(C)C(=O)CC[C@H]3[C@H]12. The van der Waals surface area contributed by atoms with Crippen LogP contribution in [-0.2, 0) is 9.59 Å². The van der Waals surface area contributed by atoms with Gasteiger partial charge < -0.3 is 0 Å². The number of rotatable bonds is 0. The standard InChI is InChI=1S/C19H26O2/c1-11-9-12-10-13(20)3-4-14(12)15-7-8-19(2)16(18(11)15)5-6-17(19)21/h11,15-16,18H,3-10H2,1-2H3/t11-,15-,16+,18-,19+/m1/s1. The van der Waals surface area contributed by atoms with Crippen molar-refractivity contribution in [2.24, 2.45) is 29.1 Å². The van der Waals surface area contributed by atoms with Crippen LogP contribution in [-0.4, -0.2) is 11.6 Å². The highest BCUT2D eigenvalue weighted by Gasteiger charge is 2.56. The molecular weight excluding hydrogens is 260 g/mol. The van der Waals surface area contributed by atoms with Gasteiger partial charge in [-0.1, -0.05) is 25.0 Å². The molecular formula is C19H26O2. The molecule has 4 aliphatic carbocycles. The molecule has 0 aromatic carbocycles. The molecule has 0 aromatic rings. The van der Waals surface area contributed by atoms with Crippen molar-refractivity contribution in [2.75, 3.05) is 0 Å². The molecule has 2 fully saturated rings. The molecule has 4 rings (SSSR count). The number of carbonyl (C=O) groups is 2. The van der Waals surface area contributed by atoms with Crippen molar-refractivity contribution in [1.29, 1.82) is 0 Å². The Labute approximate surface area is 127 Å². The van der Waals surface area contributed by atoms with Crippen LogP contribution in [0.25, 0.3) is 0 Å². The number of hydrogen-bond donors (Lipinski definition) is 0. The number of carbonyl (C=O) groups excluding carboxylic acids is 2. The van der Waals surface area contributed by atoms with Crippen molar-refractivity contribution in [3.8, 4) is 0 Å². The predicted molar refractivity (Wildman–Crippen MR) is 81.7 cm³/mol. The van der Waals surface area contributed by atoms with Gasteiger partial charge in [0.1, 0.15) is 11.6 Å². The minimum atomic E-state index is -0.0298. The highest BCUT2D eigenvalue weighted by Crippen LogP contribution is 2.61. The van der Waals surface area contributed by atoms with Gasteiger partial charge in [-0.3, -0.25) is 9.59 Å². The Morgan fingerprint density at radius 1 is 1.10 bits per heavy atom. The molecule has 0 aliphatic heterocycles. The molecule has 0 spiro atoms. The Bertz CT molecular complexity index is 544. The van der Waals surface area contributed by atoms with E-state index in [2.05, 4.69) is 13.8 Å². The molecule has 0 aromatic heterocycles. The second-order valence-corrected chi connectivity index (χ2v) is 8.23. The van der Waals surface area contributed by atoms with Gasteiger partial charge in [0, 0.05) is 24.7 Å². The van der Waals surface area contributed by atoms with Crippen LogP contribution in [0.15, 0.2) is 11.1 Å². The Kier molecular flexibility index (Phi) is 2.96. The molecule has 21 heavy (non-hydrogen) atoms. The summed E-state index contributed by atoms with van der Waals surface area (Å²) in [5, 5.41) is 0. The average molecular weight is 286 g/mol. The van der Waals surface area contributed by atoms with E-state index in [0.29, 0.717) is 35.2 Å². The molecule has 0 bridgehead atoms. The number of fused-ring (bicyclic) bond motifs is 4. The minimum Gasteiger partial charge on any atom is -0.299 e. The lowest BCUT2D eigenvalue weighted by Crippen LogP contribution is -2.47. The Hall–Kier alpha value is -0.920. The van der Waals surface area contributed by atoms with Crippen LogP contribution in [0.2, 0.25) is 0 Å². The van der Waals surface area contributed by atoms with Crippen molar-refractivity contribution in [3.63, 3.8) is 0 Å². The summed E-state index contributed by atoms with van der Waals surface area (Å²) in [5.74, 6) is 3.59.